The van der Waals surface area contributed by atoms with Crippen LogP contribution >= 0.6 is 0 Å². The Hall–Kier alpha value is -1.40. The number of nitrogens with zero attached hydrogens (tertiary/aromatic N) is 4. The topological polar surface area (TPSA) is 50.6 Å². The van der Waals surface area contributed by atoms with Gasteiger partial charge in [0, 0.05) is 31.9 Å². The van der Waals surface area contributed by atoms with Crippen LogP contribution in [0.4, 0.5) is 0 Å². The molecule has 6 heteroatoms. The molecule has 2 saturated heterocycles. The minimum atomic E-state index is 0.237. The molecule has 1 aromatic rings. The molecule has 116 valence electrons. The molecule has 2 fully saturated rings. The molecule has 2 aliphatic heterocycles. The zero-order chi connectivity index (χ0) is 14.8. The van der Waals surface area contributed by atoms with Crippen molar-refractivity contribution in [2.45, 2.75) is 26.3 Å². The lowest BCUT2D eigenvalue weighted by Crippen LogP contribution is -2.44. The Kier molecular flexibility index (Phi) is 4.26. The number of hydrogen-bond donors (Lipinski definition) is 0. The van der Waals surface area contributed by atoms with Crippen LogP contribution in [0.15, 0.2) is 6.07 Å². The Morgan fingerprint density at radius 3 is 2.76 bits per heavy atom. The van der Waals surface area contributed by atoms with E-state index in [0.29, 0.717) is 12.6 Å². The van der Waals surface area contributed by atoms with Crippen LogP contribution in [-0.4, -0.2) is 71.4 Å². The summed E-state index contributed by atoms with van der Waals surface area (Å²) < 4.78 is 7.40. The number of rotatable bonds is 3. The number of amides is 1. The van der Waals surface area contributed by atoms with E-state index in [9.17, 15) is 4.79 Å². The first-order chi connectivity index (χ1) is 10.1. The van der Waals surface area contributed by atoms with Gasteiger partial charge in [0.1, 0.15) is 0 Å². The Labute approximate surface area is 125 Å². The van der Waals surface area contributed by atoms with Gasteiger partial charge in [-0.3, -0.25) is 14.4 Å². The molecule has 21 heavy (non-hydrogen) atoms. The molecule has 1 atom stereocenters. The van der Waals surface area contributed by atoms with E-state index in [1.807, 2.05) is 11.8 Å². The highest BCUT2D eigenvalue weighted by Gasteiger charge is 2.29. The molecule has 0 radical (unpaired) electrons. The van der Waals surface area contributed by atoms with Crippen molar-refractivity contribution >= 4 is 5.91 Å². The molecule has 0 aromatic carbocycles. The van der Waals surface area contributed by atoms with Gasteiger partial charge in [-0.05, 0) is 26.3 Å². The maximum Gasteiger partial charge on any atom is 0.236 e. The third-order valence-corrected chi connectivity index (χ3v) is 4.37. The first kappa shape index (κ1) is 14.5. The minimum absolute atomic E-state index is 0.237. The Balaban J connectivity index is 1.56. The molecule has 0 aliphatic carbocycles. The Morgan fingerprint density at radius 2 is 2.10 bits per heavy atom. The fourth-order valence-electron chi connectivity index (χ4n) is 3.23. The van der Waals surface area contributed by atoms with Crippen molar-refractivity contribution in [3.05, 3.63) is 17.5 Å². The van der Waals surface area contributed by atoms with E-state index in [0.717, 1.165) is 51.5 Å². The molecule has 3 rings (SSSR count). The van der Waals surface area contributed by atoms with Crippen LogP contribution in [0.25, 0.3) is 0 Å². The van der Waals surface area contributed by atoms with Gasteiger partial charge in [0.25, 0.3) is 0 Å². The number of aryl methyl sites for hydroxylation is 2. The van der Waals surface area contributed by atoms with Gasteiger partial charge in [0.15, 0.2) is 0 Å². The molecule has 2 aliphatic rings. The van der Waals surface area contributed by atoms with E-state index in [4.69, 9.17) is 4.74 Å². The Morgan fingerprint density at radius 1 is 1.33 bits per heavy atom. The number of likely N-dealkylation sites (tertiary alicyclic amines) is 1. The first-order valence-corrected chi connectivity index (χ1v) is 7.74. The molecular formula is C15H24N4O2. The summed E-state index contributed by atoms with van der Waals surface area (Å²) in [7, 11) is 0. The van der Waals surface area contributed by atoms with Crippen molar-refractivity contribution in [3.63, 3.8) is 0 Å². The van der Waals surface area contributed by atoms with Gasteiger partial charge in [-0.15, -0.1) is 0 Å². The van der Waals surface area contributed by atoms with Crippen LogP contribution in [0, 0.1) is 13.8 Å². The number of aromatic nitrogens is 2. The standard InChI is InChI=1S/C15H24N4O2/c1-12-9-13(2)19(16-12)14-3-4-18(10-14)15(20)11-17-5-7-21-8-6-17/h9,14H,3-8,10-11H2,1-2H3. The van der Waals surface area contributed by atoms with Crippen molar-refractivity contribution in [2.75, 3.05) is 45.9 Å². The highest BCUT2D eigenvalue weighted by Crippen LogP contribution is 2.23. The summed E-state index contributed by atoms with van der Waals surface area (Å²) in [5.74, 6) is 0.237. The SMILES string of the molecule is Cc1cc(C)n(C2CCN(C(=O)CN3CCOCC3)C2)n1. The van der Waals surface area contributed by atoms with Crippen molar-refractivity contribution < 1.29 is 9.53 Å². The van der Waals surface area contributed by atoms with Gasteiger partial charge in [-0.1, -0.05) is 0 Å². The molecule has 6 nitrogen and oxygen atoms in total. The minimum Gasteiger partial charge on any atom is -0.379 e. The van der Waals surface area contributed by atoms with Crippen LogP contribution in [-0.2, 0) is 9.53 Å². The zero-order valence-electron chi connectivity index (χ0n) is 12.9. The van der Waals surface area contributed by atoms with Crippen LogP contribution in [0.1, 0.15) is 23.9 Å². The summed E-state index contributed by atoms with van der Waals surface area (Å²) in [6.45, 7) is 9.44. The van der Waals surface area contributed by atoms with Gasteiger partial charge in [-0.25, -0.2) is 0 Å². The van der Waals surface area contributed by atoms with E-state index < -0.39 is 0 Å². The second kappa shape index (κ2) is 6.15. The van der Waals surface area contributed by atoms with Crippen molar-refractivity contribution in [2.24, 2.45) is 0 Å². The number of carbonyl (C=O) groups is 1. The number of carbonyl (C=O) groups excluding carboxylic acids is 1. The fourth-order valence-corrected chi connectivity index (χ4v) is 3.23. The summed E-state index contributed by atoms with van der Waals surface area (Å²) in [5, 5.41) is 4.55. The first-order valence-electron chi connectivity index (χ1n) is 7.74. The van der Waals surface area contributed by atoms with Crippen LogP contribution in [0.3, 0.4) is 0 Å². The summed E-state index contributed by atoms with van der Waals surface area (Å²) in [4.78, 5) is 16.6. The second-order valence-corrected chi connectivity index (χ2v) is 6.04. The van der Waals surface area contributed by atoms with E-state index in [1.165, 1.54) is 5.69 Å². The van der Waals surface area contributed by atoms with Crippen molar-refractivity contribution in [1.82, 2.24) is 19.6 Å². The number of morpholine rings is 1. The highest BCUT2D eigenvalue weighted by molar-refractivity contribution is 5.78. The van der Waals surface area contributed by atoms with Gasteiger partial charge in [0.2, 0.25) is 5.91 Å². The molecule has 0 N–H and O–H groups in total. The molecule has 0 spiro atoms. The molecular weight excluding hydrogens is 268 g/mol. The van der Waals surface area contributed by atoms with Gasteiger partial charge < -0.3 is 9.64 Å². The number of hydrogen-bond acceptors (Lipinski definition) is 4. The zero-order valence-corrected chi connectivity index (χ0v) is 12.9. The highest BCUT2D eigenvalue weighted by atomic mass is 16.5. The fraction of sp³-hybridized carbons (Fsp3) is 0.733. The predicted octanol–water partition coefficient (Wildman–Crippen LogP) is 0.606. The largest absolute Gasteiger partial charge is 0.379 e. The maximum atomic E-state index is 12.4. The van der Waals surface area contributed by atoms with Crippen LogP contribution < -0.4 is 0 Å². The smallest absolute Gasteiger partial charge is 0.236 e. The van der Waals surface area contributed by atoms with E-state index in [2.05, 4.69) is 27.7 Å². The van der Waals surface area contributed by atoms with E-state index >= 15 is 0 Å². The maximum absolute atomic E-state index is 12.4. The van der Waals surface area contributed by atoms with Crippen LogP contribution in [0.2, 0.25) is 0 Å². The monoisotopic (exact) mass is 292 g/mol. The number of ether oxygens (including phenoxy) is 1. The molecule has 1 unspecified atom stereocenters. The summed E-state index contributed by atoms with van der Waals surface area (Å²) >= 11 is 0. The third kappa shape index (κ3) is 3.27. The van der Waals surface area contributed by atoms with Crippen LogP contribution in [0.5, 0.6) is 0 Å². The lowest BCUT2D eigenvalue weighted by Gasteiger charge is -2.28. The average Bonchev–Trinajstić information content (AvgIpc) is 3.06. The van der Waals surface area contributed by atoms with E-state index in [1.54, 1.807) is 0 Å². The second-order valence-electron chi connectivity index (χ2n) is 6.04. The Bertz CT molecular complexity index is 508. The van der Waals surface area contributed by atoms with Crippen molar-refractivity contribution in [3.8, 4) is 0 Å². The summed E-state index contributed by atoms with van der Waals surface area (Å²) in [6, 6.07) is 2.42. The summed E-state index contributed by atoms with van der Waals surface area (Å²) in [5.41, 5.74) is 2.23. The van der Waals surface area contributed by atoms with Gasteiger partial charge >= 0.3 is 0 Å². The quantitative estimate of drug-likeness (QED) is 0.819. The van der Waals surface area contributed by atoms with Crippen molar-refractivity contribution in [1.29, 1.82) is 0 Å². The molecule has 0 bridgehead atoms. The van der Waals surface area contributed by atoms with Gasteiger partial charge in [0.05, 0.1) is 31.5 Å². The molecule has 0 saturated carbocycles. The average molecular weight is 292 g/mol. The molecule has 3 heterocycles. The lowest BCUT2D eigenvalue weighted by molar-refractivity contribution is -0.132. The lowest BCUT2D eigenvalue weighted by atomic mass is 10.2. The normalized spacial score (nSPS) is 23.7. The molecule has 1 aromatic heterocycles. The predicted molar refractivity (Wildman–Crippen MR) is 79.2 cm³/mol. The molecule has 1 amide bonds. The summed E-state index contributed by atoms with van der Waals surface area (Å²) in [6.07, 6.45) is 0.997. The van der Waals surface area contributed by atoms with Gasteiger partial charge in [-0.2, -0.15) is 5.10 Å². The van der Waals surface area contributed by atoms with E-state index in [-0.39, 0.29) is 5.91 Å². The third-order valence-electron chi connectivity index (χ3n) is 4.37.